The Morgan fingerprint density at radius 2 is 0.966 bits per heavy atom. The van der Waals surface area contributed by atoms with Crippen LogP contribution in [0, 0.1) is 42.9 Å². The van der Waals surface area contributed by atoms with Crippen molar-refractivity contribution >= 4 is 31.2 Å². The molecule has 17 nitrogen and oxygen atoms in total. The number of carbonyl (C=O) groups is 4. The number of nitrogens with one attached hydrogen (secondary N) is 4. The van der Waals surface area contributed by atoms with Crippen LogP contribution in [0.2, 0.25) is 0 Å². The van der Waals surface area contributed by atoms with Crippen molar-refractivity contribution in [3.63, 3.8) is 0 Å². The first kappa shape index (κ1) is 53.5. The van der Waals surface area contributed by atoms with Gasteiger partial charge in [-0.2, -0.15) is 0 Å². The molecule has 334 valence electrons. The van der Waals surface area contributed by atoms with Crippen LogP contribution in [0.4, 0.5) is 0 Å². The van der Waals surface area contributed by atoms with Crippen LogP contribution >= 0.6 is 7.60 Å². The predicted molar refractivity (Wildman–Crippen MR) is 221 cm³/mol. The van der Waals surface area contributed by atoms with Crippen molar-refractivity contribution in [2.75, 3.05) is 106 Å². The molecular weight excluding hydrogens is 787 g/mol. The normalized spacial score (nSPS) is 16.0. The topological polar surface area (TPSA) is 207 Å². The Kier molecular flexibility index (Phi) is 28.4. The van der Waals surface area contributed by atoms with Crippen molar-refractivity contribution in [3.8, 4) is 37.0 Å². The van der Waals surface area contributed by atoms with E-state index in [9.17, 15) is 23.7 Å². The molecule has 1 aliphatic rings. The maximum absolute atomic E-state index is 13.9. The SMILES string of the molecule is C#CCOCCOCCNC(=O)CCC(CCC(=O)NCCOCCOCC#C)(CCC(=O)NCCOCCOCC#C)NC(=O)C1CC(OP(=O)(OC)C(C)(C)C)C1. The molecule has 0 radical (unpaired) electrons. The highest BCUT2D eigenvalue weighted by Crippen LogP contribution is 2.61. The lowest BCUT2D eigenvalue weighted by atomic mass is 9.78. The van der Waals surface area contributed by atoms with Gasteiger partial charge in [-0.25, -0.2) is 0 Å². The van der Waals surface area contributed by atoms with Crippen molar-refractivity contribution in [1.82, 2.24) is 21.3 Å². The molecule has 0 aliphatic heterocycles. The zero-order chi connectivity index (χ0) is 43.8. The third-order valence-corrected chi connectivity index (χ3v) is 11.8. The summed E-state index contributed by atoms with van der Waals surface area (Å²) in [5.74, 6) is 5.39. The fourth-order valence-corrected chi connectivity index (χ4v) is 7.14. The molecule has 1 atom stereocenters. The molecule has 1 rings (SSSR count). The van der Waals surface area contributed by atoms with Gasteiger partial charge in [-0.15, -0.1) is 19.3 Å². The summed E-state index contributed by atoms with van der Waals surface area (Å²) in [6, 6.07) is 0. The van der Waals surface area contributed by atoms with Gasteiger partial charge in [-0.05, 0) is 52.9 Å². The number of amides is 4. The number of hydrogen-bond acceptors (Lipinski definition) is 13. The Bertz CT molecular complexity index is 1300. The summed E-state index contributed by atoms with van der Waals surface area (Å²) >= 11 is 0. The summed E-state index contributed by atoms with van der Waals surface area (Å²) in [5, 5.41) is 10.8. The van der Waals surface area contributed by atoms with Crippen LogP contribution in [0.15, 0.2) is 0 Å². The molecule has 0 saturated heterocycles. The van der Waals surface area contributed by atoms with Crippen LogP contribution in [-0.2, 0) is 61.2 Å². The Hall–Kier alpha value is -3.53. The summed E-state index contributed by atoms with van der Waals surface area (Å²) in [4.78, 5) is 53.1. The Morgan fingerprint density at radius 3 is 1.29 bits per heavy atom. The highest BCUT2D eigenvalue weighted by Gasteiger charge is 2.46. The van der Waals surface area contributed by atoms with Crippen molar-refractivity contribution in [2.45, 2.75) is 88.9 Å². The average molecular weight is 855 g/mol. The van der Waals surface area contributed by atoms with Crippen molar-refractivity contribution in [2.24, 2.45) is 5.92 Å². The van der Waals surface area contributed by atoms with Crippen LogP contribution in [0.25, 0.3) is 0 Å². The van der Waals surface area contributed by atoms with E-state index in [0.717, 1.165) is 0 Å². The summed E-state index contributed by atoms with van der Waals surface area (Å²) in [6.07, 6.45) is 16.0. The highest BCUT2D eigenvalue weighted by molar-refractivity contribution is 7.55. The van der Waals surface area contributed by atoms with E-state index in [1.165, 1.54) is 7.11 Å². The van der Waals surface area contributed by atoms with E-state index in [1.807, 2.05) is 0 Å². The molecule has 1 saturated carbocycles. The molecule has 1 unspecified atom stereocenters. The molecule has 1 aliphatic carbocycles. The van der Waals surface area contributed by atoms with Gasteiger partial charge in [0.1, 0.15) is 19.8 Å². The monoisotopic (exact) mass is 854 g/mol. The van der Waals surface area contributed by atoms with Crippen LogP contribution in [-0.4, -0.2) is 146 Å². The van der Waals surface area contributed by atoms with Crippen molar-refractivity contribution in [1.29, 1.82) is 0 Å². The first-order valence-corrected chi connectivity index (χ1v) is 21.5. The second kappa shape index (κ2) is 31.4. The van der Waals surface area contributed by atoms with E-state index in [-0.39, 0.29) is 121 Å². The van der Waals surface area contributed by atoms with Gasteiger partial charge in [-0.1, -0.05) is 17.8 Å². The maximum atomic E-state index is 13.9. The quantitative estimate of drug-likeness (QED) is 0.0409. The number of rotatable bonds is 35. The standard InChI is InChI=1S/C41H67N4O13P/c1-8-20-52-26-29-55-23-17-42-36(46)11-14-41(15-12-37(47)43-18-24-56-30-27-53-21-9-2,16-13-38(48)44-19-25-57-31-28-54-22-10-3)45-39(49)34-32-35(33-34)58-59(50,51-7)40(4,5)6/h1-3,34-35H,11-33H2,4-7H3,(H,42,46)(H,43,47)(H,44,48)(H,45,49). The molecular formula is C41H67N4O13P. The molecule has 0 bridgehead atoms. The first-order chi connectivity index (χ1) is 28.2. The number of carbonyl (C=O) groups excluding carboxylic acids is 4. The summed E-state index contributed by atoms with van der Waals surface area (Å²) < 4.78 is 56.5. The van der Waals surface area contributed by atoms with Gasteiger partial charge in [0.25, 0.3) is 0 Å². The zero-order valence-corrected chi connectivity index (χ0v) is 36.3. The van der Waals surface area contributed by atoms with Gasteiger partial charge < -0.3 is 58.7 Å². The molecule has 1 fully saturated rings. The molecule has 4 N–H and O–H groups in total. The number of ether oxygens (including phenoxy) is 6. The first-order valence-electron chi connectivity index (χ1n) is 20.0. The lowest BCUT2D eigenvalue weighted by Crippen LogP contribution is -2.54. The fraction of sp³-hybridized carbons (Fsp3) is 0.756. The minimum Gasteiger partial charge on any atom is -0.377 e. The van der Waals surface area contributed by atoms with E-state index in [0.29, 0.717) is 52.5 Å². The highest BCUT2D eigenvalue weighted by atomic mass is 31.2. The molecule has 59 heavy (non-hydrogen) atoms. The minimum atomic E-state index is -3.46. The third kappa shape index (κ3) is 24.4. The van der Waals surface area contributed by atoms with E-state index in [4.69, 9.17) is 56.7 Å². The van der Waals surface area contributed by atoms with Gasteiger partial charge >= 0.3 is 7.60 Å². The predicted octanol–water partition coefficient (Wildman–Crippen LogP) is 1.96. The average Bonchev–Trinajstić information content (AvgIpc) is 3.19. The van der Waals surface area contributed by atoms with Crippen LogP contribution < -0.4 is 21.3 Å². The third-order valence-electron chi connectivity index (χ3n) is 9.07. The Labute approximate surface area is 351 Å². The molecule has 0 heterocycles. The second-order valence-corrected chi connectivity index (χ2v) is 17.6. The maximum Gasteiger partial charge on any atom is 0.335 e. The van der Waals surface area contributed by atoms with Gasteiger partial charge in [0.15, 0.2) is 0 Å². The molecule has 4 amide bonds. The minimum absolute atomic E-state index is 0.0149. The number of terminal acetylenes is 3. The molecule has 0 aromatic rings. The van der Waals surface area contributed by atoms with Crippen LogP contribution in [0.3, 0.4) is 0 Å². The number of hydrogen-bond donors (Lipinski definition) is 4. The summed E-state index contributed by atoms with van der Waals surface area (Å²) in [7, 11) is -2.12. The molecule has 0 spiro atoms. The van der Waals surface area contributed by atoms with Crippen LogP contribution in [0.1, 0.15) is 72.1 Å². The molecule has 18 heteroatoms. The van der Waals surface area contributed by atoms with Crippen molar-refractivity contribution < 1.29 is 61.2 Å². The largest absolute Gasteiger partial charge is 0.377 e. The van der Waals surface area contributed by atoms with Gasteiger partial charge in [0.05, 0.1) is 70.7 Å². The summed E-state index contributed by atoms with van der Waals surface area (Å²) in [5.41, 5.74) is -1.14. The Morgan fingerprint density at radius 1 is 0.610 bits per heavy atom. The summed E-state index contributed by atoms with van der Waals surface area (Å²) in [6.45, 7) is 9.15. The van der Waals surface area contributed by atoms with E-state index in [2.05, 4.69) is 39.0 Å². The zero-order valence-electron chi connectivity index (χ0n) is 35.4. The van der Waals surface area contributed by atoms with E-state index in [1.54, 1.807) is 20.8 Å². The van der Waals surface area contributed by atoms with E-state index >= 15 is 0 Å². The second-order valence-electron chi connectivity index (χ2n) is 14.7. The lowest BCUT2D eigenvalue weighted by molar-refractivity contribution is -0.134. The van der Waals surface area contributed by atoms with Gasteiger partial charge in [-0.3, -0.25) is 23.7 Å². The Balaban J connectivity index is 3.06. The van der Waals surface area contributed by atoms with Crippen LogP contribution in [0.5, 0.6) is 0 Å². The smallest absolute Gasteiger partial charge is 0.335 e. The molecule has 0 aromatic heterocycles. The van der Waals surface area contributed by atoms with E-state index < -0.39 is 30.3 Å². The molecule has 0 aromatic carbocycles. The van der Waals surface area contributed by atoms with Gasteiger partial charge in [0, 0.05) is 57.5 Å². The van der Waals surface area contributed by atoms with Crippen molar-refractivity contribution in [3.05, 3.63) is 0 Å². The lowest BCUT2D eigenvalue weighted by Gasteiger charge is -2.41. The fourth-order valence-electron chi connectivity index (χ4n) is 5.63. The van der Waals surface area contributed by atoms with Gasteiger partial charge in [0.2, 0.25) is 23.6 Å².